The zero-order valence-electron chi connectivity index (χ0n) is 9.49. The first kappa shape index (κ1) is 13.5. The summed E-state index contributed by atoms with van der Waals surface area (Å²) in [6.07, 6.45) is 0. The molecule has 0 bridgehead atoms. The van der Waals surface area contributed by atoms with Crippen LogP contribution in [0.5, 0.6) is 11.5 Å². The molecule has 0 aromatic heterocycles. The number of halogens is 3. The Hall–Kier alpha value is -1.95. The summed E-state index contributed by atoms with van der Waals surface area (Å²) in [4.78, 5) is 10.9. The topological polar surface area (TPSA) is 52.3 Å². The average Bonchev–Trinajstić information content (AvgIpc) is 2.30. The van der Waals surface area contributed by atoms with E-state index in [4.69, 9.17) is 10.5 Å². The Morgan fingerprint density at radius 1 is 1.16 bits per heavy atom. The Morgan fingerprint density at radius 2 is 1.89 bits per heavy atom. The van der Waals surface area contributed by atoms with Gasteiger partial charge in [0, 0.05) is 16.1 Å². The van der Waals surface area contributed by atoms with E-state index in [0.717, 1.165) is 12.1 Å². The molecule has 2 rings (SSSR count). The number of nitrogens with two attached hydrogens (primary N) is 1. The van der Waals surface area contributed by atoms with Crippen molar-refractivity contribution in [2.75, 3.05) is 0 Å². The molecule has 0 saturated heterocycles. The monoisotopic (exact) mass is 327 g/mol. The van der Waals surface area contributed by atoms with Crippen molar-refractivity contribution in [3.05, 3.63) is 58.1 Å². The van der Waals surface area contributed by atoms with E-state index in [1.165, 1.54) is 24.3 Å². The Bertz CT molecular complexity index is 626. The first-order chi connectivity index (χ1) is 8.95. The third kappa shape index (κ3) is 3.29. The van der Waals surface area contributed by atoms with Crippen LogP contribution in [0.3, 0.4) is 0 Å². The van der Waals surface area contributed by atoms with E-state index in [0.29, 0.717) is 4.47 Å². The molecule has 1 amide bonds. The third-order valence-corrected chi connectivity index (χ3v) is 2.74. The molecule has 0 saturated carbocycles. The predicted octanol–water partition coefficient (Wildman–Crippen LogP) is 3.62. The molecule has 2 N–H and O–H groups in total. The van der Waals surface area contributed by atoms with Gasteiger partial charge in [0.15, 0.2) is 11.6 Å². The van der Waals surface area contributed by atoms with Crippen LogP contribution in [0, 0.1) is 11.6 Å². The van der Waals surface area contributed by atoms with Crippen molar-refractivity contribution in [2.24, 2.45) is 5.73 Å². The fourth-order valence-electron chi connectivity index (χ4n) is 1.45. The summed E-state index contributed by atoms with van der Waals surface area (Å²) in [5.74, 6) is -1.99. The molecule has 0 aliphatic rings. The van der Waals surface area contributed by atoms with E-state index < -0.39 is 17.5 Å². The normalized spacial score (nSPS) is 10.3. The quantitative estimate of drug-likeness (QED) is 0.936. The van der Waals surface area contributed by atoms with E-state index in [2.05, 4.69) is 15.9 Å². The van der Waals surface area contributed by atoms with E-state index >= 15 is 0 Å². The minimum absolute atomic E-state index is 0.0327. The predicted molar refractivity (Wildman–Crippen MR) is 69.1 cm³/mol. The smallest absolute Gasteiger partial charge is 0.248 e. The van der Waals surface area contributed by atoms with Crippen LogP contribution in [0.4, 0.5) is 8.78 Å². The second-order valence-corrected chi connectivity index (χ2v) is 4.63. The van der Waals surface area contributed by atoms with Crippen LogP contribution in [0.25, 0.3) is 0 Å². The van der Waals surface area contributed by atoms with Gasteiger partial charge in [-0.15, -0.1) is 0 Å². The minimum Gasteiger partial charge on any atom is -0.454 e. The minimum atomic E-state index is -0.753. The summed E-state index contributed by atoms with van der Waals surface area (Å²) in [5, 5.41) is 0. The van der Waals surface area contributed by atoms with Crippen LogP contribution in [0.1, 0.15) is 10.4 Å². The molecular formula is C13H8BrF2NO2. The molecular weight excluding hydrogens is 320 g/mol. The maximum absolute atomic E-state index is 13.7. The number of amides is 1. The lowest BCUT2D eigenvalue weighted by molar-refractivity contribution is 0.1000. The van der Waals surface area contributed by atoms with Gasteiger partial charge in [-0.25, -0.2) is 8.78 Å². The highest BCUT2D eigenvalue weighted by molar-refractivity contribution is 9.10. The van der Waals surface area contributed by atoms with Gasteiger partial charge in [-0.1, -0.05) is 15.9 Å². The Kier molecular flexibility index (Phi) is 3.80. The molecule has 2 aromatic rings. The molecule has 0 fully saturated rings. The number of rotatable bonds is 3. The SMILES string of the molecule is NC(=O)c1ccc(Oc2cc(F)cc(Br)c2)c(F)c1. The standard InChI is InChI=1S/C13H8BrF2NO2/c14-8-4-9(15)6-10(5-8)19-12-2-1-7(13(17)18)3-11(12)16/h1-6H,(H2,17,18). The van der Waals surface area contributed by atoms with Gasteiger partial charge in [-0.05, 0) is 30.3 Å². The fourth-order valence-corrected chi connectivity index (χ4v) is 1.90. The Balaban J connectivity index is 2.30. The Labute approximate surface area is 116 Å². The van der Waals surface area contributed by atoms with Crippen LogP contribution in [0.15, 0.2) is 40.9 Å². The summed E-state index contributed by atoms with van der Waals surface area (Å²) >= 11 is 3.10. The molecule has 0 radical (unpaired) electrons. The van der Waals surface area contributed by atoms with Crippen molar-refractivity contribution in [2.45, 2.75) is 0 Å². The largest absolute Gasteiger partial charge is 0.454 e. The van der Waals surface area contributed by atoms with Crippen molar-refractivity contribution < 1.29 is 18.3 Å². The lowest BCUT2D eigenvalue weighted by Crippen LogP contribution is -2.11. The van der Waals surface area contributed by atoms with Gasteiger partial charge < -0.3 is 10.5 Å². The summed E-state index contributed by atoms with van der Waals surface area (Å²) < 4.78 is 32.5. The lowest BCUT2D eigenvalue weighted by atomic mass is 10.2. The highest BCUT2D eigenvalue weighted by Gasteiger charge is 2.10. The maximum atomic E-state index is 13.7. The molecule has 0 unspecified atom stereocenters. The second-order valence-electron chi connectivity index (χ2n) is 3.72. The highest BCUT2D eigenvalue weighted by Crippen LogP contribution is 2.28. The number of hydrogen-bond donors (Lipinski definition) is 1. The van der Waals surface area contributed by atoms with Crippen molar-refractivity contribution in [3.63, 3.8) is 0 Å². The average molecular weight is 328 g/mol. The molecule has 0 aliphatic carbocycles. The molecule has 0 atom stereocenters. The van der Waals surface area contributed by atoms with E-state index in [1.807, 2.05) is 0 Å². The van der Waals surface area contributed by atoms with Crippen molar-refractivity contribution in [3.8, 4) is 11.5 Å². The number of carbonyl (C=O) groups excluding carboxylic acids is 1. The van der Waals surface area contributed by atoms with Gasteiger partial charge in [0.2, 0.25) is 5.91 Å². The summed E-state index contributed by atoms with van der Waals surface area (Å²) in [6.45, 7) is 0. The van der Waals surface area contributed by atoms with E-state index in [9.17, 15) is 13.6 Å². The van der Waals surface area contributed by atoms with Crippen LogP contribution in [-0.4, -0.2) is 5.91 Å². The molecule has 6 heteroatoms. The van der Waals surface area contributed by atoms with Gasteiger partial charge in [0.05, 0.1) is 0 Å². The summed E-state index contributed by atoms with van der Waals surface area (Å²) in [6, 6.07) is 7.41. The van der Waals surface area contributed by atoms with Gasteiger partial charge in [0.25, 0.3) is 0 Å². The zero-order valence-corrected chi connectivity index (χ0v) is 11.1. The van der Waals surface area contributed by atoms with Gasteiger partial charge in [-0.2, -0.15) is 0 Å². The van der Waals surface area contributed by atoms with Crippen molar-refractivity contribution >= 4 is 21.8 Å². The fraction of sp³-hybridized carbons (Fsp3) is 0. The van der Waals surface area contributed by atoms with Crippen molar-refractivity contribution in [1.82, 2.24) is 0 Å². The van der Waals surface area contributed by atoms with Crippen molar-refractivity contribution in [1.29, 1.82) is 0 Å². The summed E-state index contributed by atoms with van der Waals surface area (Å²) in [5.41, 5.74) is 5.06. The van der Waals surface area contributed by atoms with Crippen LogP contribution in [-0.2, 0) is 0 Å². The van der Waals surface area contributed by atoms with Crippen LogP contribution < -0.4 is 10.5 Å². The van der Waals surface area contributed by atoms with Crippen LogP contribution in [0.2, 0.25) is 0 Å². The molecule has 0 heterocycles. The highest BCUT2D eigenvalue weighted by atomic mass is 79.9. The molecule has 0 spiro atoms. The molecule has 0 aliphatic heterocycles. The lowest BCUT2D eigenvalue weighted by Gasteiger charge is -2.08. The number of ether oxygens (including phenoxy) is 1. The zero-order chi connectivity index (χ0) is 14.0. The molecule has 98 valence electrons. The maximum Gasteiger partial charge on any atom is 0.248 e. The van der Waals surface area contributed by atoms with Crippen LogP contribution >= 0.6 is 15.9 Å². The first-order valence-corrected chi connectivity index (χ1v) is 5.98. The van der Waals surface area contributed by atoms with Gasteiger partial charge in [-0.3, -0.25) is 4.79 Å². The number of carbonyl (C=O) groups is 1. The van der Waals surface area contributed by atoms with E-state index in [-0.39, 0.29) is 17.1 Å². The number of hydrogen-bond acceptors (Lipinski definition) is 2. The molecule has 2 aromatic carbocycles. The molecule has 19 heavy (non-hydrogen) atoms. The second kappa shape index (κ2) is 5.36. The summed E-state index contributed by atoms with van der Waals surface area (Å²) in [7, 11) is 0. The van der Waals surface area contributed by atoms with E-state index in [1.54, 1.807) is 0 Å². The Morgan fingerprint density at radius 3 is 2.47 bits per heavy atom. The number of benzene rings is 2. The third-order valence-electron chi connectivity index (χ3n) is 2.28. The van der Waals surface area contributed by atoms with Gasteiger partial charge >= 0.3 is 0 Å². The number of primary amides is 1. The first-order valence-electron chi connectivity index (χ1n) is 5.19. The van der Waals surface area contributed by atoms with Gasteiger partial charge in [0.1, 0.15) is 11.6 Å². The molecule has 3 nitrogen and oxygen atoms in total.